The van der Waals surface area contributed by atoms with Crippen LogP contribution in [0.3, 0.4) is 0 Å². The van der Waals surface area contributed by atoms with Gasteiger partial charge in [0.15, 0.2) is 5.76 Å². The van der Waals surface area contributed by atoms with E-state index in [1.165, 1.54) is 76.9 Å². The molecule has 1 aromatic heterocycles. The van der Waals surface area contributed by atoms with Crippen molar-refractivity contribution in [2.45, 2.75) is 96.8 Å². The minimum absolute atomic E-state index is 0.185. The lowest BCUT2D eigenvalue weighted by Crippen LogP contribution is -2.26. The van der Waals surface area contributed by atoms with Crippen LogP contribution in [0.25, 0.3) is 0 Å². The van der Waals surface area contributed by atoms with Gasteiger partial charge in [0, 0.05) is 6.54 Å². The summed E-state index contributed by atoms with van der Waals surface area (Å²) in [6.07, 6.45) is 18.5. The number of hydrogen-bond donors (Lipinski definition) is 1. The summed E-state index contributed by atoms with van der Waals surface area (Å²) in [6.45, 7) is 3.00. The molecule has 1 amide bonds. The summed E-state index contributed by atoms with van der Waals surface area (Å²) in [7, 11) is 0. The van der Waals surface area contributed by atoms with Crippen LogP contribution >= 0.6 is 0 Å². The molecule has 5 heteroatoms. The number of unbranched alkanes of at least 4 members (excludes halogenated alkanes) is 12. The zero-order valence-corrected chi connectivity index (χ0v) is 17.7. The standard InChI is InChI=1S/C23H39NO4/c1-2-3-4-5-6-7-8-9-10-11-12-13-14-19-28-22(25)17-18-24-23(26)21-16-15-20-27-21/h15-16,20H,2-14,17-19H2,1H3,(H,24,26). The first-order chi connectivity index (χ1) is 13.7. The van der Waals surface area contributed by atoms with Crippen LogP contribution in [0, 0.1) is 0 Å². The van der Waals surface area contributed by atoms with Gasteiger partial charge >= 0.3 is 5.97 Å². The van der Waals surface area contributed by atoms with E-state index in [1.54, 1.807) is 12.1 Å². The Kier molecular flexibility index (Phi) is 15.0. The Bertz CT molecular complexity index is 499. The van der Waals surface area contributed by atoms with E-state index < -0.39 is 0 Å². The molecule has 0 aliphatic heterocycles. The minimum atomic E-state index is -0.311. The van der Waals surface area contributed by atoms with Crippen LogP contribution < -0.4 is 5.32 Å². The highest BCUT2D eigenvalue weighted by atomic mass is 16.5. The predicted molar refractivity (Wildman–Crippen MR) is 112 cm³/mol. The minimum Gasteiger partial charge on any atom is -0.466 e. The molecule has 0 aliphatic carbocycles. The Morgan fingerprint density at radius 1 is 0.893 bits per heavy atom. The molecule has 1 N–H and O–H groups in total. The van der Waals surface area contributed by atoms with Crippen molar-refractivity contribution < 1.29 is 18.7 Å². The maximum atomic E-state index is 11.6. The topological polar surface area (TPSA) is 68.5 Å². The molecule has 0 fully saturated rings. The number of nitrogens with one attached hydrogen (secondary N) is 1. The smallest absolute Gasteiger partial charge is 0.307 e. The maximum absolute atomic E-state index is 11.6. The van der Waals surface area contributed by atoms with Gasteiger partial charge in [-0.1, -0.05) is 84.0 Å². The van der Waals surface area contributed by atoms with E-state index in [0.29, 0.717) is 6.61 Å². The number of carbonyl (C=O) groups is 2. The normalized spacial score (nSPS) is 10.8. The van der Waals surface area contributed by atoms with E-state index in [2.05, 4.69) is 12.2 Å². The third kappa shape index (κ3) is 13.4. The van der Waals surface area contributed by atoms with Gasteiger partial charge in [-0.05, 0) is 18.6 Å². The monoisotopic (exact) mass is 393 g/mol. The lowest BCUT2D eigenvalue weighted by atomic mass is 10.0. The molecule has 5 nitrogen and oxygen atoms in total. The van der Waals surface area contributed by atoms with Crippen LogP contribution in [0.5, 0.6) is 0 Å². The fraction of sp³-hybridized carbons (Fsp3) is 0.739. The molecule has 160 valence electrons. The maximum Gasteiger partial charge on any atom is 0.307 e. The molecule has 0 radical (unpaired) electrons. The number of hydrogen-bond acceptors (Lipinski definition) is 4. The van der Waals surface area contributed by atoms with E-state index in [-0.39, 0.29) is 30.6 Å². The SMILES string of the molecule is CCCCCCCCCCCCCCCOC(=O)CCNC(=O)c1ccco1. The van der Waals surface area contributed by atoms with Gasteiger partial charge in [0.2, 0.25) is 0 Å². The first-order valence-electron chi connectivity index (χ1n) is 11.2. The molecule has 0 aromatic carbocycles. The second kappa shape index (κ2) is 17.3. The summed E-state index contributed by atoms with van der Waals surface area (Å²) < 4.78 is 10.2. The van der Waals surface area contributed by atoms with E-state index in [4.69, 9.17) is 9.15 Å². The largest absolute Gasteiger partial charge is 0.466 e. The van der Waals surface area contributed by atoms with Gasteiger partial charge < -0.3 is 14.5 Å². The molecule has 0 atom stereocenters. The summed E-state index contributed by atoms with van der Waals surface area (Å²) in [5, 5.41) is 2.63. The van der Waals surface area contributed by atoms with Crippen molar-refractivity contribution in [1.29, 1.82) is 0 Å². The summed E-state index contributed by atoms with van der Waals surface area (Å²) in [5.74, 6) is -0.326. The molecule has 0 saturated heterocycles. The van der Waals surface area contributed by atoms with Crippen LogP contribution in [-0.2, 0) is 9.53 Å². The van der Waals surface area contributed by atoms with Crippen LogP contribution in [-0.4, -0.2) is 25.0 Å². The van der Waals surface area contributed by atoms with Gasteiger partial charge in [0.1, 0.15) is 0 Å². The lowest BCUT2D eigenvalue weighted by Gasteiger charge is -2.06. The fourth-order valence-electron chi connectivity index (χ4n) is 3.15. The third-order valence-electron chi connectivity index (χ3n) is 4.87. The highest BCUT2D eigenvalue weighted by Gasteiger charge is 2.09. The molecule has 0 aliphatic rings. The van der Waals surface area contributed by atoms with Gasteiger partial charge in [0.05, 0.1) is 19.3 Å². The number of amides is 1. The zero-order valence-electron chi connectivity index (χ0n) is 17.7. The molecule has 0 bridgehead atoms. The fourth-order valence-corrected chi connectivity index (χ4v) is 3.15. The van der Waals surface area contributed by atoms with E-state index in [9.17, 15) is 9.59 Å². The molecular formula is C23H39NO4. The van der Waals surface area contributed by atoms with Gasteiger partial charge in [-0.15, -0.1) is 0 Å². The predicted octanol–water partition coefficient (Wildman–Crippen LogP) is 6.03. The molecule has 0 saturated carbocycles. The Morgan fingerprint density at radius 3 is 2.00 bits per heavy atom. The Labute approximate surface area is 170 Å². The average Bonchev–Trinajstić information content (AvgIpc) is 3.23. The Balaban J connectivity index is 1.79. The number of furan rings is 1. The molecule has 0 spiro atoms. The molecule has 1 aromatic rings. The molecule has 28 heavy (non-hydrogen) atoms. The van der Waals surface area contributed by atoms with Gasteiger partial charge in [-0.25, -0.2) is 0 Å². The van der Waals surface area contributed by atoms with Crippen molar-refractivity contribution in [1.82, 2.24) is 5.32 Å². The molecule has 1 rings (SSSR count). The van der Waals surface area contributed by atoms with E-state index >= 15 is 0 Å². The van der Waals surface area contributed by atoms with E-state index in [1.807, 2.05) is 0 Å². The molecule has 1 heterocycles. The van der Waals surface area contributed by atoms with Crippen molar-refractivity contribution in [3.8, 4) is 0 Å². The number of rotatable bonds is 18. The van der Waals surface area contributed by atoms with Crippen LogP contribution in [0.1, 0.15) is 107 Å². The van der Waals surface area contributed by atoms with Crippen molar-refractivity contribution in [3.05, 3.63) is 24.2 Å². The van der Waals surface area contributed by atoms with Crippen molar-refractivity contribution >= 4 is 11.9 Å². The van der Waals surface area contributed by atoms with Gasteiger partial charge in [-0.2, -0.15) is 0 Å². The number of esters is 1. The number of carbonyl (C=O) groups excluding carboxylic acids is 2. The van der Waals surface area contributed by atoms with Crippen LogP contribution in [0.2, 0.25) is 0 Å². The second-order valence-corrected chi connectivity index (χ2v) is 7.45. The van der Waals surface area contributed by atoms with Crippen molar-refractivity contribution in [2.75, 3.05) is 13.2 Å². The molecular weight excluding hydrogens is 354 g/mol. The molecule has 0 unspecified atom stereocenters. The quantitative estimate of drug-likeness (QED) is 0.244. The van der Waals surface area contributed by atoms with E-state index in [0.717, 1.165) is 12.8 Å². The summed E-state index contributed by atoms with van der Waals surface area (Å²) in [6, 6.07) is 3.24. The third-order valence-corrected chi connectivity index (χ3v) is 4.87. The Morgan fingerprint density at radius 2 is 1.46 bits per heavy atom. The first kappa shape index (κ1) is 24.3. The second-order valence-electron chi connectivity index (χ2n) is 7.45. The van der Waals surface area contributed by atoms with Crippen molar-refractivity contribution in [3.63, 3.8) is 0 Å². The Hall–Kier alpha value is -1.78. The zero-order chi connectivity index (χ0) is 20.3. The van der Waals surface area contributed by atoms with Gasteiger partial charge in [0.25, 0.3) is 5.91 Å². The number of ether oxygens (including phenoxy) is 1. The first-order valence-corrected chi connectivity index (χ1v) is 11.2. The highest BCUT2D eigenvalue weighted by Crippen LogP contribution is 2.12. The summed E-state index contributed by atoms with van der Waals surface area (Å²) in [4.78, 5) is 23.3. The average molecular weight is 394 g/mol. The summed E-state index contributed by atoms with van der Waals surface area (Å²) >= 11 is 0. The summed E-state index contributed by atoms with van der Waals surface area (Å²) in [5.41, 5.74) is 0. The van der Waals surface area contributed by atoms with Gasteiger partial charge in [-0.3, -0.25) is 9.59 Å². The van der Waals surface area contributed by atoms with Crippen LogP contribution in [0.4, 0.5) is 0 Å². The van der Waals surface area contributed by atoms with Crippen LogP contribution in [0.15, 0.2) is 22.8 Å². The highest BCUT2D eigenvalue weighted by molar-refractivity contribution is 5.91. The van der Waals surface area contributed by atoms with Crippen molar-refractivity contribution in [2.24, 2.45) is 0 Å². The lowest BCUT2D eigenvalue weighted by molar-refractivity contribution is -0.143.